The first-order valence-electron chi connectivity index (χ1n) is 4.89. The number of carbonyl (C=O) groups is 1. The van der Waals surface area contributed by atoms with Crippen molar-refractivity contribution in [2.45, 2.75) is 6.42 Å². The van der Waals surface area contributed by atoms with E-state index in [-0.39, 0.29) is 12.3 Å². The van der Waals surface area contributed by atoms with Crippen molar-refractivity contribution < 1.29 is 4.79 Å². The highest BCUT2D eigenvalue weighted by atomic mass is 16.1. The number of nitrogens with zero attached hydrogens (tertiary/aromatic N) is 2. The Bertz CT molecular complexity index is 479. The van der Waals surface area contributed by atoms with E-state index in [1.807, 2.05) is 18.2 Å². The van der Waals surface area contributed by atoms with Gasteiger partial charge in [0.1, 0.15) is 0 Å². The fourth-order valence-corrected chi connectivity index (χ4v) is 1.42. The maximum Gasteiger partial charge on any atom is 0.223 e. The normalized spacial score (nSPS) is 10.0. The summed E-state index contributed by atoms with van der Waals surface area (Å²) in [6.07, 6.45) is 5.36. The topological polar surface area (TPSA) is 68.9 Å². The molecule has 0 radical (unpaired) electrons. The Morgan fingerprint density at radius 1 is 1.12 bits per heavy atom. The van der Waals surface area contributed by atoms with Crippen LogP contribution in [0.5, 0.6) is 0 Å². The van der Waals surface area contributed by atoms with Crippen LogP contribution in [0.2, 0.25) is 0 Å². The second-order valence-corrected chi connectivity index (χ2v) is 3.42. The van der Waals surface area contributed by atoms with Crippen molar-refractivity contribution in [1.29, 1.82) is 0 Å². The summed E-state index contributed by atoms with van der Waals surface area (Å²) in [5.74, 6) is -0.371. The number of primary amides is 1. The van der Waals surface area contributed by atoms with Crippen LogP contribution in [0.25, 0.3) is 11.1 Å². The van der Waals surface area contributed by atoms with Crippen molar-refractivity contribution in [2.24, 2.45) is 5.73 Å². The van der Waals surface area contributed by atoms with Gasteiger partial charge in [0.15, 0.2) is 0 Å². The van der Waals surface area contributed by atoms with Crippen molar-refractivity contribution in [3.05, 3.63) is 48.5 Å². The predicted molar refractivity (Wildman–Crippen MR) is 60.4 cm³/mol. The molecule has 16 heavy (non-hydrogen) atoms. The van der Waals surface area contributed by atoms with Gasteiger partial charge in [-0.25, -0.2) is 0 Å². The van der Waals surface area contributed by atoms with Crippen LogP contribution in [0.1, 0.15) is 5.69 Å². The average Bonchev–Trinajstić information content (AvgIpc) is 2.30. The Morgan fingerprint density at radius 2 is 1.88 bits per heavy atom. The number of pyridine rings is 2. The summed E-state index contributed by atoms with van der Waals surface area (Å²) in [4.78, 5) is 18.8. The van der Waals surface area contributed by atoms with Crippen LogP contribution in [0.3, 0.4) is 0 Å². The second kappa shape index (κ2) is 4.53. The first-order chi connectivity index (χ1) is 7.75. The number of carbonyl (C=O) groups excluding carboxylic acids is 1. The van der Waals surface area contributed by atoms with Crippen molar-refractivity contribution in [1.82, 2.24) is 9.97 Å². The molecule has 0 aliphatic rings. The molecular weight excluding hydrogens is 202 g/mol. The second-order valence-electron chi connectivity index (χ2n) is 3.42. The van der Waals surface area contributed by atoms with Crippen LogP contribution in [-0.2, 0) is 11.2 Å². The maximum atomic E-state index is 10.7. The minimum absolute atomic E-state index is 0.177. The molecule has 0 aliphatic carbocycles. The number of hydrogen-bond donors (Lipinski definition) is 1. The molecule has 2 heterocycles. The van der Waals surface area contributed by atoms with Gasteiger partial charge < -0.3 is 5.73 Å². The minimum Gasteiger partial charge on any atom is -0.369 e. The lowest BCUT2D eigenvalue weighted by Gasteiger charge is -2.01. The van der Waals surface area contributed by atoms with E-state index in [0.29, 0.717) is 5.69 Å². The number of amides is 1. The Kier molecular flexibility index (Phi) is 2.91. The van der Waals surface area contributed by atoms with Crippen molar-refractivity contribution >= 4 is 5.91 Å². The number of hydrogen-bond acceptors (Lipinski definition) is 3. The van der Waals surface area contributed by atoms with E-state index < -0.39 is 0 Å². The molecule has 1 amide bonds. The molecule has 0 bridgehead atoms. The molecule has 2 aromatic rings. The van der Waals surface area contributed by atoms with Crippen LogP contribution in [0.15, 0.2) is 42.9 Å². The molecule has 2 aromatic heterocycles. The summed E-state index contributed by atoms with van der Waals surface area (Å²) in [5, 5.41) is 0. The van der Waals surface area contributed by atoms with E-state index >= 15 is 0 Å². The molecular formula is C12H11N3O. The zero-order chi connectivity index (χ0) is 11.4. The minimum atomic E-state index is -0.371. The van der Waals surface area contributed by atoms with Crippen LogP contribution in [-0.4, -0.2) is 15.9 Å². The van der Waals surface area contributed by atoms with Crippen molar-refractivity contribution in [3.63, 3.8) is 0 Å². The quantitative estimate of drug-likeness (QED) is 0.832. The zero-order valence-corrected chi connectivity index (χ0v) is 8.63. The summed E-state index contributed by atoms with van der Waals surface area (Å²) in [7, 11) is 0. The summed E-state index contributed by atoms with van der Waals surface area (Å²) >= 11 is 0. The SMILES string of the molecule is NC(=O)Cc1ccc(-c2ccncc2)cn1. The first kappa shape index (κ1) is 10.3. The van der Waals surface area contributed by atoms with Gasteiger partial charge in [-0.05, 0) is 23.8 Å². The van der Waals surface area contributed by atoms with Gasteiger partial charge in [0.05, 0.1) is 6.42 Å². The lowest BCUT2D eigenvalue weighted by atomic mass is 10.1. The third-order valence-corrected chi connectivity index (χ3v) is 2.19. The molecule has 0 atom stereocenters. The smallest absolute Gasteiger partial charge is 0.223 e. The standard InChI is InChI=1S/C12H11N3O/c13-12(16)7-11-2-1-10(8-15-11)9-3-5-14-6-4-9/h1-6,8H,7H2,(H2,13,16). The number of nitrogens with two attached hydrogens (primary N) is 1. The fraction of sp³-hybridized carbons (Fsp3) is 0.0833. The van der Waals surface area contributed by atoms with Crippen molar-refractivity contribution in [3.8, 4) is 11.1 Å². The lowest BCUT2D eigenvalue weighted by molar-refractivity contribution is -0.117. The number of aromatic nitrogens is 2. The molecule has 0 saturated carbocycles. The molecule has 0 aliphatic heterocycles. The van der Waals surface area contributed by atoms with Gasteiger partial charge >= 0.3 is 0 Å². The molecule has 0 saturated heterocycles. The predicted octanol–water partition coefficient (Wildman–Crippen LogP) is 1.17. The van der Waals surface area contributed by atoms with Gasteiger partial charge in [-0.3, -0.25) is 14.8 Å². The highest BCUT2D eigenvalue weighted by Crippen LogP contribution is 2.16. The summed E-state index contributed by atoms with van der Waals surface area (Å²) < 4.78 is 0. The maximum absolute atomic E-state index is 10.7. The number of rotatable bonds is 3. The molecule has 0 unspecified atom stereocenters. The van der Waals surface area contributed by atoms with Crippen LogP contribution < -0.4 is 5.73 Å². The molecule has 0 aromatic carbocycles. The van der Waals surface area contributed by atoms with E-state index in [1.54, 1.807) is 24.7 Å². The van der Waals surface area contributed by atoms with Gasteiger partial charge in [-0.1, -0.05) is 6.07 Å². The van der Waals surface area contributed by atoms with E-state index in [1.165, 1.54) is 0 Å². The highest BCUT2D eigenvalue weighted by molar-refractivity contribution is 5.76. The van der Waals surface area contributed by atoms with Crippen LogP contribution in [0.4, 0.5) is 0 Å². The summed E-state index contributed by atoms with van der Waals surface area (Å²) in [6.45, 7) is 0. The molecule has 2 rings (SSSR count). The zero-order valence-electron chi connectivity index (χ0n) is 8.63. The first-order valence-corrected chi connectivity index (χ1v) is 4.89. The monoisotopic (exact) mass is 213 g/mol. The summed E-state index contributed by atoms with van der Waals surface area (Å²) in [6, 6.07) is 7.54. The van der Waals surface area contributed by atoms with Crippen LogP contribution in [0, 0.1) is 0 Å². The third kappa shape index (κ3) is 2.42. The van der Waals surface area contributed by atoms with E-state index in [2.05, 4.69) is 9.97 Å². The molecule has 2 N–H and O–H groups in total. The fourth-order valence-electron chi connectivity index (χ4n) is 1.42. The molecule has 0 spiro atoms. The Morgan fingerprint density at radius 3 is 2.44 bits per heavy atom. The van der Waals surface area contributed by atoms with Crippen molar-refractivity contribution in [2.75, 3.05) is 0 Å². The van der Waals surface area contributed by atoms with E-state index in [4.69, 9.17) is 5.73 Å². The van der Waals surface area contributed by atoms with Gasteiger partial charge in [-0.2, -0.15) is 0 Å². The lowest BCUT2D eigenvalue weighted by Crippen LogP contribution is -2.14. The van der Waals surface area contributed by atoms with Crippen LogP contribution >= 0.6 is 0 Å². The molecule has 80 valence electrons. The molecule has 4 nitrogen and oxygen atoms in total. The Labute approximate surface area is 93.2 Å². The Balaban J connectivity index is 2.23. The van der Waals surface area contributed by atoms with Gasteiger partial charge in [0.25, 0.3) is 0 Å². The van der Waals surface area contributed by atoms with Gasteiger partial charge in [-0.15, -0.1) is 0 Å². The average molecular weight is 213 g/mol. The summed E-state index contributed by atoms with van der Waals surface area (Å²) in [5.41, 5.74) is 7.82. The Hall–Kier alpha value is -2.23. The van der Waals surface area contributed by atoms with Gasteiger partial charge in [0.2, 0.25) is 5.91 Å². The van der Waals surface area contributed by atoms with E-state index in [9.17, 15) is 4.79 Å². The molecule has 4 heteroatoms. The third-order valence-electron chi connectivity index (χ3n) is 2.19. The highest BCUT2D eigenvalue weighted by Gasteiger charge is 2.01. The van der Waals surface area contributed by atoms with Gasteiger partial charge in [0, 0.05) is 29.8 Å². The van der Waals surface area contributed by atoms with E-state index in [0.717, 1.165) is 11.1 Å². The molecule has 0 fully saturated rings. The largest absolute Gasteiger partial charge is 0.369 e.